The number of rotatable bonds is 7. The number of hydrogen-bond acceptors (Lipinski definition) is 4. The predicted molar refractivity (Wildman–Crippen MR) is 93.7 cm³/mol. The summed E-state index contributed by atoms with van der Waals surface area (Å²) < 4.78 is 32.9. The maximum Gasteiger partial charge on any atom is 0.244 e. The molecule has 0 radical (unpaired) electrons. The fraction of sp³-hybridized carbons (Fsp3) is 0.333. The van der Waals surface area contributed by atoms with E-state index in [0.717, 1.165) is 11.1 Å². The van der Waals surface area contributed by atoms with Gasteiger partial charge in [0.05, 0.1) is 13.2 Å². The van der Waals surface area contributed by atoms with Crippen molar-refractivity contribution in [2.75, 3.05) is 7.11 Å². The van der Waals surface area contributed by atoms with Gasteiger partial charge in [0.1, 0.15) is 10.6 Å². The Morgan fingerprint density at radius 2 is 1.83 bits per heavy atom. The molecule has 0 aliphatic rings. The van der Waals surface area contributed by atoms with E-state index in [2.05, 4.69) is 4.72 Å². The molecule has 0 fully saturated rings. The largest absolute Gasteiger partial charge is 0.495 e. The van der Waals surface area contributed by atoms with E-state index in [1.807, 2.05) is 37.3 Å². The Morgan fingerprint density at radius 1 is 1.17 bits per heavy atom. The van der Waals surface area contributed by atoms with Crippen LogP contribution in [0.5, 0.6) is 5.75 Å². The summed E-state index contributed by atoms with van der Waals surface area (Å²) in [4.78, 5) is 0.0729. The van der Waals surface area contributed by atoms with Crippen LogP contribution in [0.25, 0.3) is 0 Å². The van der Waals surface area contributed by atoms with Crippen molar-refractivity contribution in [1.82, 2.24) is 4.72 Å². The van der Waals surface area contributed by atoms with Crippen molar-refractivity contribution < 1.29 is 18.3 Å². The maximum absolute atomic E-state index is 12.6. The third-order valence-electron chi connectivity index (χ3n) is 3.81. The van der Waals surface area contributed by atoms with Crippen molar-refractivity contribution >= 4 is 10.0 Å². The first-order chi connectivity index (χ1) is 11.3. The normalized spacial score (nSPS) is 14.2. The zero-order valence-electron chi connectivity index (χ0n) is 14.1. The third-order valence-corrected chi connectivity index (χ3v) is 5.39. The quantitative estimate of drug-likeness (QED) is 0.804. The molecule has 0 amide bonds. The molecule has 0 aliphatic heterocycles. The Morgan fingerprint density at radius 3 is 2.46 bits per heavy atom. The molecule has 0 heterocycles. The summed E-state index contributed by atoms with van der Waals surface area (Å²) in [6, 6.07) is 13.8. The standard InChI is InChI=1S/C18H23NO4S/c1-13-9-10-17(23-3)18(11-13)24(21,22)19-14(2)16(20)12-15-7-5-4-6-8-15/h4-11,14,16,19-20H,12H2,1-3H3. The average molecular weight is 349 g/mol. The Labute approximate surface area is 143 Å². The van der Waals surface area contributed by atoms with E-state index in [0.29, 0.717) is 6.42 Å². The second-order valence-corrected chi connectivity index (χ2v) is 7.50. The predicted octanol–water partition coefficient (Wildman–Crippen LogP) is 2.27. The lowest BCUT2D eigenvalue weighted by atomic mass is 10.0. The number of benzene rings is 2. The molecule has 2 unspecified atom stereocenters. The van der Waals surface area contributed by atoms with E-state index in [-0.39, 0.29) is 10.6 Å². The molecule has 2 aromatic carbocycles. The van der Waals surface area contributed by atoms with Crippen LogP contribution in [-0.2, 0) is 16.4 Å². The van der Waals surface area contributed by atoms with Gasteiger partial charge in [-0.05, 0) is 43.5 Å². The molecule has 0 saturated carbocycles. The van der Waals surface area contributed by atoms with E-state index in [9.17, 15) is 13.5 Å². The lowest BCUT2D eigenvalue weighted by Crippen LogP contribution is -2.42. The van der Waals surface area contributed by atoms with Crippen molar-refractivity contribution in [3.63, 3.8) is 0 Å². The van der Waals surface area contributed by atoms with Crippen molar-refractivity contribution in [2.45, 2.75) is 37.3 Å². The Balaban J connectivity index is 2.15. The van der Waals surface area contributed by atoms with Crippen molar-refractivity contribution in [3.05, 3.63) is 59.7 Å². The van der Waals surface area contributed by atoms with E-state index in [1.165, 1.54) is 7.11 Å². The van der Waals surface area contributed by atoms with Gasteiger partial charge in [-0.25, -0.2) is 13.1 Å². The van der Waals surface area contributed by atoms with Crippen LogP contribution in [0, 0.1) is 6.92 Å². The number of aliphatic hydroxyl groups is 1. The average Bonchev–Trinajstić information content (AvgIpc) is 2.55. The van der Waals surface area contributed by atoms with Crippen LogP contribution >= 0.6 is 0 Å². The molecule has 0 saturated heterocycles. The highest BCUT2D eigenvalue weighted by Gasteiger charge is 2.25. The lowest BCUT2D eigenvalue weighted by molar-refractivity contribution is 0.144. The number of aryl methyl sites for hydroxylation is 1. The summed E-state index contributed by atoms with van der Waals surface area (Å²) in [5, 5.41) is 10.3. The van der Waals surface area contributed by atoms with Gasteiger partial charge in [-0.2, -0.15) is 0 Å². The van der Waals surface area contributed by atoms with Crippen molar-refractivity contribution in [1.29, 1.82) is 0 Å². The Bertz CT molecular complexity index is 775. The van der Waals surface area contributed by atoms with E-state index in [1.54, 1.807) is 25.1 Å². The Hall–Kier alpha value is -1.89. The molecule has 2 rings (SSSR count). The zero-order valence-corrected chi connectivity index (χ0v) is 14.9. The maximum atomic E-state index is 12.6. The summed E-state index contributed by atoms with van der Waals surface area (Å²) in [6.07, 6.45) is -0.465. The number of ether oxygens (including phenoxy) is 1. The van der Waals surface area contributed by atoms with Crippen LogP contribution in [0.2, 0.25) is 0 Å². The molecule has 2 atom stereocenters. The summed E-state index contributed by atoms with van der Waals surface area (Å²) in [5.74, 6) is 0.276. The minimum absolute atomic E-state index is 0.0729. The monoisotopic (exact) mass is 349 g/mol. The molecule has 0 bridgehead atoms. The molecule has 130 valence electrons. The van der Waals surface area contributed by atoms with E-state index < -0.39 is 22.2 Å². The summed E-state index contributed by atoms with van der Waals surface area (Å²) >= 11 is 0. The minimum atomic E-state index is -3.80. The van der Waals surface area contributed by atoms with E-state index >= 15 is 0 Å². The topological polar surface area (TPSA) is 75.6 Å². The smallest absolute Gasteiger partial charge is 0.244 e. The first-order valence-electron chi connectivity index (χ1n) is 7.72. The number of aliphatic hydroxyl groups excluding tert-OH is 1. The number of sulfonamides is 1. The molecule has 2 N–H and O–H groups in total. The fourth-order valence-corrected chi connectivity index (χ4v) is 3.94. The lowest BCUT2D eigenvalue weighted by Gasteiger charge is -2.21. The van der Waals surface area contributed by atoms with Gasteiger partial charge in [0.25, 0.3) is 0 Å². The molecule has 24 heavy (non-hydrogen) atoms. The van der Waals surface area contributed by atoms with Crippen LogP contribution in [0.3, 0.4) is 0 Å². The highest BCUT2D eigenvalue weighted by molar-refractivity contribution is 7.89. The van der Waals surface area contributed by atoms with Crippen molar-refractivity contribution in [3.8, 4) is 5.75 Å². The number of nitrogens with one attached hydrogen (secondary N) is 1. The van der Waals surface area contributed by atoms with Crippen LogP contribution in [0.15, 0.2) is 53.4 Å². The molecule has 5 nitrogen and oxygen atoms in total. The molecular weight excluding hydrogens is 326 g/mol. The Kier molecular flexibility index (Phi) is 5.99. The third kappa shape index (κ3) is 4.56. The van der Waals surface area contributed by atoms with Gasteiger partial charge in [-0.15, -0.1) is 0 Å². The molecule has 6 heteroatoms. The summed E-state index contributed by atoms with van der Waals surface area (Å²) in [7, 11) is -2.37. The SMILES string of the molecule is COc1ccc(C)cc1S(=O)(=O)NC(C)C(O)Cc1ccccc1. The summed E-state index contributed by atoms with van der Waals surface area (Å²) in [6.45, 7) is 3.46. The van der Waals surface area contributed by atoms with E-state index in [4.69, 9.17) is 4.74 Å². The van der Waals surface area contributed by atoms with Gasteiger partial charge < -0.3 is 9.84 Å². The van der Waals surface area contributed by atoms with Crippen LogP contribution in [0.1, 0.15) is 18.1 Å². The van der Waals surface area contributed by atoms with Crippen LogP contribution in [0.4, 0.5) is 0 Å². The van der Waals surface area contributed by atoms with Gasteiger partial charge in [0.15, 0.2) is 0 Å². The van der Waals surface area contributed by atoms with Gasteiger partial charge in [0, 0.05) is 6.04 Å². The first-order valence-corrected chi connectivity index (χ1v) is 9.21. The van der Waals surface area contributed by atoms with Gasteiger partial charge in [-0.1, -0.05) is 36.4 Å². The van der Waals surface area contributed by atoms with Gasteiger partial charge in [-0.3, -0.25) is 0 Å². The van der Waals surface area contributed by atoms with Crippen LogP contribution in [-0.4, -0.2) is 32.8 Å². The van der Waals surface area contributed by atoms with Crippen molar-refractivity contribution in [2.24, 2.45) is 0 Å². The highest BCUT2D eigenvalue weighted by atomic mass is 32.2. The summed E-state index contributed by atoms with van der Waals surface area (Å²) in [5.41, 5.74) is 1.76. The van der Waals surface area contributed by atoms with Gasteiger partial charge in [0.2, 0.25) is 10.0 Å². The van der Waals surface area contributed by atoms with Crippen LogP contribution < -0.4 is 9.46 Å². The highest BCUT2D eigenvalue weighted by Crippen LogP contribution is 2.25. The zero-order chi connectivity index (χ0) is 17.7. The number of methoxy groups -OCH3 is 1. The van der Waals surface area contributed by atoms with Gasteiger partial charge >= 0.3 is 0 Å². The second kappa shape index (κ2) is 7.79. The fourth-order valence-electron chi connectivity index (χ4n) is 2.41. The molecular formula is C18H23NO4S. The number of hydrogen-bond donors (Lipinski definition) is 2. The molecule has 0 aliphatic carbocycles. The molecule has 0 spiro atoms. The molecule has 0 aromatic heterocycles. The minimum Gasteiger partial charge on any atom is -0.495 e. The first kappa shape index (κ1) is 18.4. The second-order valence-electron chi connectivity index (χ2n) is 5.82. The molecule has 2 aromatic rings.